The van der Waals surface area contributed by atoms with Crippen molar-refractivity contribution in [3.8, 4) is 17.4 Å². The van der Waals surface area contributed by atoms with E-state index in [-0.39, 0.29) is 11.9 Å². The Morgan fingerprint density at radius 1 is 1.21 bits per heavy atom. The molecular formula is C22H27N3O3. The molecule has 1 aliphatic heterocycles. The Kier molecular flexibility index (Phi) is 5.76. The lowest BCUT2D eigenvalue weighted by atomic mass is 9.85. The van der Waals surface area contributed by atoms with Crippen LogP contribution >= 0.6 is 0 Å². The Bertz CT molecular complexity index is 795. The molecule has 1 aromatic carbocycles. The maximum Gasteiger partial charge on any atom is 0.237 e. The molecule has 2 heterocycles. The molecule has 1 saturated heterocycles. The summed E-state index contributed by atoms with van der Waals surface area (Å²) in [7, 11) is 1.62. The molecule has 1 aromatic heterocycles. The van der Waals surface area contributed by atoms with Gasteiger partial charge in [0.2, 0.25) is 11.8 Å². The van der Waals surface area contributed by atoms with E-state index in [4.69, 9.17) is 9.47 Å². The molecule has 6 nitrogen and oxygen atoms in total. The van der Waals surface area contributed by atoms with Crippen LogP contribution in [0.4, 0.5) is 0 Å². The van der Waals surface area contributed by atoms with E-state index in [2.05, 4.69) is 15.6 Å². The van der Waals surface area contributed by atoms with Crippen molar-refractivity contribution >= 4 is 5.91 Å². The average molecular weight is 381 g/mol. The van der Waals surface area contributed by atoms with E-state index < -0.39 is 0 Å². The van der Waals surface area contributed by atoms with Gasteiger partial charge >= 0.3 is 0 Å². The third-order valence-electron chi connectivity index (χ3n) is 5.71. The highest BCUT2D eigenvalue weighted by Gasteiger charge is 2.37. The number of hydrogen-bond acceptors (Lipinski definition) is 5. The molecule has 148 valence electrons. The first-order chi connectivity index (χ1) is 13.7. The number of rotatable bonds is 6. The summed E-state index contributed by atoms with van der Waals surface area (Å²) in [5.41, 5.74) is 0.946. The second kappa shape index (κ2) is 8.61. The molecule has 3 unspecified atom stereocenters. The second-order valence-electron chi connectivity index (χ2n) is 7.61. The summed E-state index contributed by atoms with van der Waals surface area (Å²) in [6.45, 7) is 0.471. The van der Waals surface area contributed by atoms with Gasteiger partial charge in [0.1, 0.15) is 11.5 Å². The minimum absolute atomic E-state index is 0.0586. The van der Waals surface area contributed by atoms with Gasteiger partial charge in [-0.1, -0.05) is 25.0 Å². The van der Waals surface area contributed by atoms with Gasteiger partial charge in [-0.2, -0.15) is 0 Å². The van der Waals surface area contributed by atoms with Crippen LogP contribution in [0.2, 0.25) is 0 Å². The maximum atomic E-state index is 12.5. The van der Waals surface area contributed by atoms with Crippen LogP contribution in [0.1, 0.15) is 37.7 Å². The van der Waals surface area contributed by atoms with Crippen molar-refractivity contribution in [3.63, 3.8) is 0 Å². The van der Waals surface area contributed by atoms with E-state index in [0.717, 1.165) is 17.7 Å². The fourth-order valence-electron chi connectivity index (χ4n) is 4.19. The van der Waals surface area contributed by atoms with Crippen molar-refractivity contribution in [2.75, 3.05) is 7.11 Å². The fourth-order valence-corrected chi connectivity index (χ4v) is 4.19. The third-order valence-corrected chi connectivity index (χ3v) is 5.71. The van der Waals surface area contributed by atoms with Crippen molar-refractivity contribution < 1.29 is 14.3 Å². The lowest BCUT2D eigenvalue weighted by Gasteiger charge is -2.24. The van der Waals surface area contributed by atoms with Gasteiger partial charge in [0.25, 0.3) is 0 Å². The molecule has 28 heavy (non-hydrogen) atoms. The minimum atomic E-state index is -0.0586. The Morgan fingerprint density at radius 3 is 2.86 bits per heavy atom. The number of nitrogens with one attached hydrogen (secondary N) is 2. The predicted molar refractivity (Wildman–Crippen MR) is 106 cm³/mol. The molecular weight excluding hydrogens is 354 g/mol. The summed E-state index contributed by atoms with van der Waals surface area (Å²) in [4.78, 5) is 16.8. The number of nitrogens with zero attached hydrogens (tertiary/aromatic N) is 1. The van der Waals surface area contributed by atoms with Crippen LogP contribution in [-0.4, -0.2) is 30.1 Å². The highest BCUT2D eigenvalue weighted by molar-refractivity contribution is 5.82. The number of hydrogen-bond donors (Lipinski definition) is 2. The Balaban J connectivity index is 1.28. The molecule has 2 fully saturated rings. The Labute approximate surface area is 165 Å². The van der Waals surface area contributed by atoms with Crippen molar-refractivity contribution in [2.24, 2.45) is 5.92 Å². The van der Waals surface area contributed by atoms with Gasteiger partial charge in [-0.3, -0.25) is 4.79 Å². The normalized spacial score (nSPS) is 23.7. The quantitative estimate of drug-likeness (QED) is 0.802. The molecule has 2 aromatic rings. The van der Waals surface area contributed by atoms with Gasteiger partial charge < -0.3 is 20.1 Å². The first-order valence-electron chi connectivity index (χ1n) is 10.0. The van der Waals surface area contributed by atoms with Crippen LogP contribution in [-0.2, 0) is 11.3 Å². The highest BCUT2D eigenvalue weighted by atomic mass is 16.5. The number of fused-ring (bicyclic) bond motifs is 1. The van der Waals surface area contributed by atoms with Crippen LogP contribution in [0.3, 0.4) is 0 Å². The van der Waals surface area contributed by atoms with Crippen LogP contribution in [0.5, 0.6) is 17.4 Å². The standard InChI is InChI=1S/C22H27N3O3/c1-27-17-6-4-7-18(12-17)28-21-10-9-15(13-23-21)14-24-22(26)20-11-16-5-2-3-8-19(16)25-20/h4,6-7,9-10,12-13,16,19-20,25H,2-3,5,8,11,14H2,1H3,(H,24,26). The van der Waals surface area contributed by atoms with E-state index in [1.54, 1.807) is 13.3 Å². The predicted octanol–water partition coefficient (Wildman–Crippen LogP) is 3.42. The van der Waals surface area contributed by atoms with Crippen LogP contribution in [0.25, 0.3) is 0 Å². The number of pyridine rings is 1. The summed E-state index contributed by atoms with van der Waals surface area (Å²) < 4.78 is 10.9. The first-order valence-corrected chi connectivity index (χ1v) is 10.0. The second-order valence-corrected chi connectivity index (χ2v) is 7.61. The molecule has 2 aliphatic rings. The van der Waals surface area contributed by atoms with Gasteiger partial charge in [-0.05, 0) is 42.9 Å². The highest BCUT2D eigenvalue weighted by Crippen LogP contribution is 2.33. The maximum absolute atomic E-state index is 12.5. The SMILES string of the molecule is COc1cccc(Oc2ccc(CNC(=O)C3CC4CCCCC4N3)cn2)c1. The number of carbonyl (C=O) groups is 1. The molecule has 6 heteroatoms. The monoisotopic (exact) mass is 381 g/mol. The van der Waals surface area contributed by atoms with E-state index in [0.29, 0.717) is 30.1 Å². The summed E-state index contributed by atoms with van der Waals surface area (Å²) in [6.07, 6.45) is 7.72. The number of carbonyl (C=O) groups excluding carboxylic acids is 1. The number of benzene rings is 1. The fraction of sp³-hybridized carbons (Fsp3) is 0.455. The molecule has 1 saturated carbocycles. The lowest BCUT2D eigenvalue weighted by Crippen LogP contribution is -2.42. The molecule has 1 aliphatic carbocycles. The largest absolute Gasteiger partial charge is 0.497 e. The van der Waals surface area contributed by atoms with Crippen LogP contribution < -0.4 is 20.1 Å². The summed E-state index contributed by atoms with van der Waals surface area (Å²) in [5.74, 6) is 2.66. The van der Waals surface area contributed by atoms with Crippen molar-refractivity contribution in [3.05, 3.63) is 48.2 Å². The Morgan fingerprint density at radius 2 is 2.07 bits per heavy atom. The molecule has 2 N–H and O–H groups in total. The average Bonchev–Trinajstić information content (AvgIpc) is 3.17. The molecule has 3 atom stereocenters. The van der Waals surface area contributed by atoms with Crippen molar-refractivity contribution in [1.82, 2.24) is 15.6 Å². The van der Waals surface area contributed by atoms with Crippen molar-refractivity contribution in [1.29, 1.82) is 0 Å². The smallest absolute Gasteiger partial charge is 0.237 e. The molecule has 4 rings (SSSR count). The van der Waals surface area contributed by atoms with Crippen LogP contribution in [0, 0.1) is 5.92 Å². The molecule has 0 bridgehead atoms. The van der Waals surface area contributed by atoms with Crippen LogP contribution in [0.15, 0.2) is 42.6 Å². The summed E-state index contributed by atoms with van der Waals surface area (Å²) >= 11 is 0. The van der Waals surface area contributed by atoms with Gasteiger partial charge in [-0.25, -0.2) is 4.98 Å². The lowest BCUT2D eigenvalue weighted by molar-refractivity contribution is -0.123. The van der Waals surface area contributed by atoms with Gasteiger partial charge in [0.15, 0.2) is 0 Å². The summed E-state index contributed by atoms with van der Waals surface area (Å²) in [6, 6.07) is 11.6. The van der Waals surface area contributed by atoms with Gasteiger partial charge in [0.05, 0.1) is 13.2 Å². The van der Waals surface area contributed by atoms with Crippen molar-refractivity contribution in [2.45, 2.75) is 50.7 Å². The topological polar surface area (TPSA) is 72.5 Å². The van der Waals surface area contributed by atoms with Gasteiger partial charge in [0, 0.05) is 30.9 Å². The number of ether oxygens (including phenoxy) is 2. The zero-order chi connectivity index (χ0) is 19.3. The summed E-state index contributed by atoms with van der Waals surface area (Å²) in [5, 5.41) is 6.55. The molecule has 0 radical (unpaired) electrons. The van der Waals surface area contributed by atoms with E-state index in [9.17, 15) is 4.79 Å². The number of methoxy groups -OCH3 is 1. The molecule has 1 amide bonds. The first kappa shape index (κ1) is 18.7. The zero-order valence-corrected chi connectivity index (χ0v) is 16.2. The van der Waals surface area contributed by atoms with Gasteiger partial charge in [-0.15, -0.1) is 0 Å². The Hall–Kier alpha value is -2.60. The van der Waals surface area contributed by atoms with E-state index in [1.807, 2.05) is 36.4 Å². The van der Waals surface area contributed by atoms with E-state index in [1.165, 1.54) is 25.7 Å². The third kappa shape index (κ3) is 4.44. The van der Waals surface area contributed by atoms with E-state index >= 15 is 0 Å². The number of amides is 1. The number of aromatic nitrogens is 1. The minimum Gasteiger partial charge on any atom is -0.497 e. The molecule has 0 spiro atoms. The zero-order valence-electron chi connectivity index (χ0n) is 16.2.